The fourth-order valence-corrected chi connectivity index (χ4v) is 2.01. The summed E-state index contributed by atoms with van der Waals surface area (Å²) in [6.07, 6.45) is 7.37. The third-order valence-corrected chi connectivity index (χ3v) is 3.40. The van der Waals surface area contributed by atoms with E-state index in [4.69, 9.17) is 0 Å². The fourth-order valence-electron chi connectivity index (χ4n) is 2.01. The van der Waals surface area contributed by atoms with Gasteiger partial charge in [0.05, 0.1) is 4.92 Å². The maximum absolute atomic E-state index is 12.2. The highest BCUT2D eigenvalue weighted by molar-refractivity contribution is 5.91. The van der Waals surface area contributed by atoms with Gasteiger partial charge in [-0.1, -0.05) is 26.7 Å². The SMILES string of the molecule is CCCCN(CCCC)C(=O)C=Cc1ccc([N+](=O)[O-])cc1. The Labute approximate surface area is 131 Å². The van der Waals surface area contributed by atoms with Gasteiger partial charge in [-0.05, 0) is 36.6 Å². The summed E-state index contributed by atoms with van der Waals surface area (Å²) in [4.78, 5) is 24.3. The van der Waals surface area contributed by atoms with Crippen molar-refractivity contribution in [3.8, 4) is 0 Å². The summed E-state index contributed by atoms with van der Waals surface area (Å²) >= 11 is 0. The van der Waals surface area contributed by atoms with Crippen LogP contribution in [-0.4, -0.2) is 28.8 Å². The van der Waals surface area contributed by atoms with Gasteiger partial charge in [0.15, 0.2) is 0 Å². The van der Waals surface area contributed by atoms with Crippen molar-refractivity contribution in [3.63, 3.8) is 0 Å². The molecule has 1 amide bonds. The number of benzene rings is 1. The smallest absolute Gasteiger partial charge is 0.269 e. The van der Waals surface area contributed by atoms with Gasteiger partial charge in [0, 0.05) is 31.3 Å². The first-order valence-electron chi connectivity index (χ1n) is 7.80. The van der Waals surface area contributed by atoms with Crippen LogP contribution in [0.1, 0.15) is 45.1 Å². The van der Waals surface area contributed by atoms with E-state index in [0.717, 1.165) is 44.3 Å². The van der Waals surface area contributed by atoms with Crippen molar-refractivity contribution in [1.82, 2.24) is 4.90 Å². The lowest BCUT2D eigenvalue weighted by Gasteiger charge is -2.20. The molecule has 0 radical (unpaired) electrons. The molecule has 22 heavy (non-hydrogen) atoms. The summed E-state index contributed by atoms with van der Waals surface area (Å²) < 4.78 is 0. The summed E-state index contributed by atoms with van der Waals surface area (Å²) in [5.41, 5.74) is 0.834. The molecule has 0 aliphatic heterocycles. The molecule has 5 nitrogen and oxygen atoms in total. The van der Waals surface area contributed by atoms with Gasteiger partial charge in [0.1, 0.15) is 0 Å². The van der Waals surface area contributed by atoms with Crippen LogP contribution in [0.2, 0.25) is 0 Å². The Morgan fingerprint density at radius 3 is 2.14 bits per heavy atom. The highest BCUT2D eigenvalue weighted by Gasteiger charge is 2.09. The molecule has 0 unspecified atom stereocenters. The van der Waals surface area contributed by atoms with Crippen LogP contribution in [-0.2, 0) is 4.79 Å². The average molecular weight is 304 g/mol. The Kier molecular flexibility index (Phi) is 7.89. The van der Waals surface area contributed by atoms with Crippen LogP contribution in [0.4, 0.5) is 5.69 Å². The van der Waals surface area contributed by atoms with Gasteiger partial charge in [-0.25, -0.2) is 0 Å². The van der Waals surface area contributed by atoms with Crippen molar-refractivity contribution >= 4 is 17.7 Å². The molecule has 120 valence electrons. The Bertz CT molecular complexity index is 501. The number of nitro benzene ring substituents is 1. The fraction of sp³-hybridized carbons (Fsp3) is 0.471. The molecule has 0 N–H and O–H groups in total. The molecule has 1 aromatic carbocycles. The molecule has 0 heterocycles. The number of rotatable bonds is 9. The Morgan fingerprint density at radius 2 is 1.68 bits per heavy atom. The van der Waals surface area contributed by atoms with Crippen molar-refractivity contribution in [2.75, 3.05) is 13.1 Å². The summed E-state index contributed by atoms with van der Waals surface area (Å²) in [6, 6.07) is 6.17. The third-order valence-electron chi connectivity index (χ3n) is 3.40. The minimum Gasteiger partial charge on any atom is -0.339 e. The predicted octanol–water partition coefficient (Wildman–Crippen LogP) is 4.04. The second-order valence-electron chi connectivity index (χ2n) is 5.21. The van der Waals surface area contributed by atoms with E-state index >= 15 is 0 Å². The average Bonchev–Trinajstić information content (AvgIpc) is 2.53. The summed E-state index contributed by atoms with van der Waals surface area (Å²) in [7, 11) is 0. The number of unbranched alkanes of at least 4 members (excludes halogenated alkanes) is 2. The van der Waals surface area contributed by atoms with Crippen LogP contribution < -0.4 is 0 Å². The van der Waals surface area contributed by atoms with Crippen molar-refractivity contribution in [3.05, 3.63) is 46.0 Å². The Morgan fingerprint density at radius 1 is 1.14 bits per heavy atom. The standard InChI is InChI=1S/C17H24N2O3/c1-3-5-13-18(14-6-4-2)17(20)12-9-15-7-10-16(11-8-15)19(21)22/h7-12H,3-6,13-14H2,1-2H3. The van der Waals surface area contributed by atoms with Gasteiger partial charge >= 0.3 is 0 Å². The van der Waals surface area contributed by atoms with E-state index in [2.05, 4.69) is 13.8 Å². The van der Waals surface area contributed by atoms with E-state index in [9.17, 15) is 14.9 Å². The molecule has 0 atom stereocenters. The number of hydrogen-bond acceptors (Lipinski definition) is 3. The summed E-state index contributed by atoms with van der Waals surface area (Å²) in [6.45, 7) is 5.77. The van der Waals surface area contributed by atoms with E-state index in [1.807, 2.05) is 4.90 Å². The van der Waals surface area contributed by atoms with E-state index in [1.165, 1.54) is 12.1 Å². The first-order chi connectivity index (χ1) is 10.6. The zero-order valence-corrected chi connectivity index (χ0v) is 13.3. The highest BCUT2D eigenvalue weighted by Crippen LogP contribution is 2.13. The first kappa shape index (κ1) is 17.9. The van der Waals surface area contributed by atoms with Crippen LogP contribution in [0, 0.1) is 10.1 Å². The molecule has 1 rings (SSSR count). The van der Waals surface area contributed by atoms with E-state index in [-0.39, 0.29) is 11.6 Å². The van der Waals surface area contributed by atoms with Gasteiger partial charge in [-0.15, -0.1) is 0 Å². The summed E-state index contributed by atoms with van der Waals surface area (Å²) in [5.74, 6) is 0.000234. The maximum atomic E-state index is 12.2. The molecule has 0 aromatic heterocycles. The molecule has 0 aliphatic rings. The summed E-state index contributed by atoms with van der Waals surface area (Å²) in [5, 5.41) is 10.6. The van der Waals surface area contributed by atoms with Crippen molar-refractivity contribution in [1.29, 1.82) is 0 Å². The molecule has 5 heteroatoms. The van der Waals surface area contributed by atoms with Crippen LogP contribution in [0.5, 0.6) is 0 Å². The highest BCUT2D eigenvalue weighted by atomic mass is 16.6. The number of carbonyl (C=O) groups is 1. The minimum atomic E-state index is -0.435. The normalized spacial score (nSPS) is 10.8. The first-order valence-corrected chi connectivity index (χ1v) is 7.80. The lowest BCUT2D eigenvalue weighted by molar-refractivity contribution is -0.384. The lowest BCUT2D eigenvalue weighted by Crippen LogP contribution is -2.31. The number of hydrogen-bond donors (Lipinski definition) is 0. The van der Waals surface area contributed by atoms with Crippen molar-refractivity contribution in [2.45, 2.75) is 39.5 Å². The van der Waals surface area contributed by atoms with Crippen LogP contribution in [0.15, 0.2) is 30.3 Å². The van der Waals surface area contributed by atoms with Crippen LogP contribution in [0.3, 0.4) is 0 Å². The molecular weight excluding hydrogens is 280 g/mol. The van der Waals surface area contributed by atoms with Gasteiger partial charge in [-0.2, -0.15) is 0 Å². The molecular formula is C17H24N2O3. The molecule has 0 aliphatic carbocycles. The molecule has 0 fully saturated rings. The monoisotopic (exact) mass is 304 g/mol. The molecule has 1 aromatic rings. The predicted molar refractivity (Wildman–Crippen MR) is 88.5 cm³/mol. The zero-order valence-electron chi connectivity index (χ0n) is 13.3. The Balaban J connectivity index is 2.67. The number of carbonyl (C=O) groups excluding carboxylic acids is 1. The number of nitrogens with zero attached hydrogens (tertiary/aromatic N) is 2. The van der Waals surface area contributed by atoms with E-state index < -0.39 is 4.92 Å². The topological polar surface area (TPSA) is 63.5 Å². The van der Waals surface area contributed by atoms with Crippen LogP contribution in [0.25, 0.3) is 6.08 Å². The molecule has 0 bridgehead atoms. The third kappa shape index (κ3) is 6.08. The second-order valence-corrected chi connectivity index (χ2v) is 5.21. The molecule has 0 saturated heterocycles. The van der Waals surface area contributed by atoms with Gasteiger partial charge < -0.3 is 4.90 Å². The molecule has 0 spiro atoms. The Hall–Kier alpha value is -2.17. The maximum Gasteiger partial charge on any atom is 0.269 e. The van der Waals surface area contributed by atoms with Gasteiger partial charge in [-0.3, -0.25) is 14.9 Å². The largest absolute Gasteiger partial charge is 0.339 e. The zero-order chi connectivity index (χ0) is 16.4. The second kappa shape index (κ2) is 9.71. The van der Waals surface area contributed by atoms with E-state index in [1.54, 1.807) is 24.3 Å². The van der Waals surface area contributed by atoms with Crippen LogP contribution >= 0.6 is 0 Å². The number of amides is 1. The number of nitro groups is 1. The quantitative estimate of drug-likeness (QED) is 0.393. The van der Waals surface area contributed by atoms with Crippen molar-refractivity contribution in [2.24, 2.45) is 0 Å². The number of non-ortho nitro benzene ring substituents is 1. The molecule has 0 saturated carbocycles. The van der Waals surface area contributed by atoms with Gasteiger partial charge in [0.2, 0.25) is 5.91 Å². The van der Waals surface area contributed by atoms with Gasteiger partial charge in [0.25, 0.3) is 5.69 Å². The lowest BCUT2D eigenvalue weighted by atomic mass is 10.2. The van der Waals surface area contributed by atoms with E-state index in [0.29, 0.717) is 0 Å². The van der Waals surface area contributed by atoms with Crippen molar-refractivity contribution < 1.29 is 9.72 Å². The minimum absolute atomic E-state index is 0.000234.